The number of primary amides is 1. The molecule has 2 amide bonds. The van der Waals surface area contributed by atoms with Gasteiger partial charge in [0, 0.05) is 25.4 Å². The van der Waals surface area contributed by atoms with E-state index in [4.69, 9.17) is 5.73 Å². The van der Waals surface area contributed by atoms with Crippen molar-refractivity contribution in [3.8, 4) is 0 Å². The molecule has 4 rings (SSSR count). The van der Waals surface area contributed by atoms with E-state index in [1.54, 1.807) is 6.08 Å². The monoisotopic (exact) mass is 365 g/mol. The summed E-state index contributed by atoms with van der Waals surface area (Å²) in [6.45, 7) is 1.42. The van der Waals surface area contributed by atoms with Crippen molar-refractivity contribution in [2.45, 2.75) is 57.4 Å². The number of nitrogens with zero attached hydrogens (tertiary/aromatic N) is 2. The molecule has 142 valence electrons. The largest absolute Gasteiger partial charge is 0.364 e. The first-order valence-electron chi connectivity index (χ1n) is 10.1. The van der Waals surface area contributed by atoms with Crippen LogP contribution in [-0.4, -0.2) is 29.0 Å². The molecule has 1 unspecified atom stereocenters. The zero-order valence-electron chi connectivity index (χ0n) is 15.7. The van der Waals surface area contributed by atoms with E-state index in [1.807, 2.05) is 11.0 Å². The minimum absolute atomic E-state index is 0.216. The zero-order chi connectivity index (χ0) is 18.8. The van der Waals surface area contributed by atoms with Crippen LogP contribution in [0.5, 0.6) is 0 Å². The number of benzene rings is 1. The molecule has 2 fully saturated rings. The van der Waals surface area contributed by atoms with Crippen molar-refractivity contribution in [3.63, 3.8) is 0 Å². The van der Waals surface area contributed by atoms with Crippen molar-refractivity contribution in [1.29, 1.82) is 0 Å². The van der Waals surface area contributed by atoms with Gasteiger partial charge in [-0.25, -0.2) is 4.99 Å². The number of rotatable bonds is 4. The highest BCUT2D eigenvalue weighted by atomic mass is 16.2. The van der Waals surface area contributed by atoms with E-state index in [1.165, 1.54) is 37.7 Å². The highest BCUT2D eigenvalue weighted by molar-refractivity contribution is 6.43. The summed E-state index contributed by atoms with van der Waals surface area (Å²) in [7, 11) is 0. The van der Waals surface area contributed by atoms with Crippen molar-refractivity contribution in [3.05, 3.63) is 41.5 Å². The molecule has 2 aliphatic heterocycles. The van der Waals surface area contributed by atoms with Crippen molar-refractivity contribution in [2.24, 2.45) is 16.6 Å². The average molecular weight is 365 g/mol. The van der Waals surface area contributed by atoms with Gasteiger partial charge in [-0.2, -0.15) is 0 Å². The highest BCUT2D eigenvalue weighted by Crippen LogP contribution is 2.42. The Hall–Kier alpha value is -2.43. The van der Waals surface area contributed by atoms with Gasteiger partial charge in [0.1, 0.15) is 5.71 Å². The molecule has 0 radical (unpaired) electrons. The molecule has 5 heteroatoms. The number of amides is 2. The lowest BCUT2D eigenvalue weighted by molar-refractivity contribution is -0.128. The number of allylic oxidation sites excluding steroid dienone is 1. The van der Waals surface area contributed by atoms with Gasteiger partial charge in [0.2, 0.25) is 5.91 Å². The fourth-order valence-electron chi connectivity index (χ4n) is 4.66. The second kappa shape index (κ2) is 7.67. The molecule has 27 heavy (non-hydrogen) atoms. The van der Waals surface area contributed by atoms with E-state index in [0.717, 1.165) is 24.2 Å². The Morgan fingerprint density at radius 3 is 2.70 bits per heavy atom. The lowest BCUT2D eigenvalue weighted by atomic mass is 9.76. The van der Waals surface area contributed by atoms with Crippen LogP contribution in [0.3, 0.4) is 0 Å². The molecule has 1 aromatic rings. The first kappa shape index (κ1) is 18.0. The van der Waals surface area contributed by atoms with E-state index >= 15 is 0 Å². The molecule has 0 spiro atoms. The Balaban J connectivity index is 1.67. The lowest BCUT2D eigenvalue weighted by Crippen LogP contribution is -2.23. The number of hydrogen-bond acceptors (Lipinski definition) is 3. The third-order valence-corrected chi connectivity index (χ3v) is 6.11. The van der Waals surface area contributed by atoms with Gasteiger partial charge in [0.15, 0.2) is 0 Å². The standard InChI is InChI=1S/C22H27N3O2/c23-22(27)19-11-10-17(16-5-2-1-3-6-16)18-9-8-15(13-20(18)24-19)14-25-12-4-7-21(25)26/h8-11,13,16-17H,1-7,12,14H2,(H2,23,27). The van der Waals surface area contributed by atoms with Gasteiger partial charge >= 0.3 is 0 Å². The zero-order valence-corrected chi connectivity index (χ0v) is 15.7. The van der Waals surface area contributed by atoms with Crippen molar-refractivity contribution >= 4 is 23.2 Å². The van der Waals surface area contributed by atoms with Gasteiger partial charge in [-0.1, -0.05) is 37.5 Å². The maximum atomic E-state index is 11.9. The number of fused-ring (bicyclic) bond motifs is 1. The number of carbonyl (C=O) groups is 2. The molecule has 3 aliphatic rings. The van der Waals surface area contributed by atoms with Gasteiger partial charge < -0.3 is 10.6 Å². The summed E-state index contributed by atoms with van der Waals surface area (Å²) >= 11 is 0. The van der Waals surface area contributed by atoms with Crippen LogP contribution in [0.15, 0.2) is 35.3 Å². The molecular weight excluding hydrogens is 338 g/mol. The predicted molar refractivity (Wildman–Crippen MR) is 106 cm³/mol. The molecule has 1 saturated heterocycles. The summed E-state index contributed by atoms with van der Waals surface area (Å²) in [6, 6.07) is 6.29. The number of nitrogens with two attached hydrogens (primary N) is 1. The molecular formula is C22H27N3O2. The maximum absolute atomic E-state index is 11.9. The molecule has 1 aliphatic carbocycles. The Kier molecular flexibility index (Phi) is 5.10. The minimum Gasteiger partial charge on any atom is -0.364 e. The summed E-state index contributed by atoms with van der Waals surface area (Å²) < 4.78 is 0. The van der Waals surface area contributed by atoms with E-state index in [0.29, 0.717) is 24.6 Å². The first-order chi connectivity index (χ1) is 13.1. The second-order valence-electron chi connectivity index (χ2n) is 7.96. The smallest absolute Gasteiger partial charge is 0.267 e. The predicted octanol–water partition coefficient (Wildman–Crippen LogP) is 3.60. The molecule has 1 saturated carbocycles. The molecule has 5 nitrogen and oxygen atoms in total. The fraction of sp³-hybridized carbons (Fsp3) is 0.500. The summed E-state index contributed by atoms with van der Waals surface area (Å²) in [4.78, 5) is 30.2. The third kappa shape index (κ3) is 3.82. The van der Waals surface area contributed by atoms with Gasteiger partial charge in [-0.15, -0.1) is 0 Å². The molecule has 0 aromatic heterocycles. The minimum atomic E-state index is -0.499. The molecule has 0 bridgehead atoms. The first-order valence-corrected chi connectivity index (χ1v) is 10.1. The van der Waals surface area contributed by atoms with Crippen LogP contribution in [-0.2, 0) is 16.1 Å². The van der Waals surface area contributed by atoms with E-state index in [-0.39, 0.29) is 11.8 Å². The van der Waals surface area contributed by atoms with Gasteiger partial charge in [0.25, 0.3) is 5.91 Å². The topological polar surface area (TPSA) is 75.8 Å². The van der Waals surface area contributed by atoms with Crippen LogP contribution in [0.25, 0.3) is 0 Å². The lowest BCUT2D eigenvalue weighted by Gasteiger charge is -2.29. The Morgan fingerprint density at radius 1 is 1.19 bits per heavy atom. The van der Waals surface area contributed by atoms with Crippen molar-refractivity contribution in [2.75, 3.05) is 6.54 Å². The maximum Gasteiger partial charge on any atom is 0.267 e. The van der Waals surface area contributed by atoms with Crippen LogP contribution in [0, 0.1) is 5.92 Å². The van der Waals surface area contributed by atoms with Gasteiger partial charge in [-0.05, 0) is 48.4 Å². The fourth-order valence-corrected chi connectivity index (χ4v) is 4.66. The molecule has 1 atom stereocenters. The number of likely N-dealkylation sites (tertiary alicyclic amines) is 1. The van der Waals surface area contributed by atoms with E-state index in [2.05, 4.69) is 23.2 Å². The molecule has 1 aromatic carbocycles. The van der Waals surface area contributed by atoms with Gasteiger partial charge in [-0.3, -0.25) is 9.59 Å². The SMILES string of the molecule is NC(=O)C1=Nc2cc(CN3CCCC3=O)ccc2C(C2CCCCC2)C=C1. The van der Waals surface area contributed by atoms with Crippen LogP contribution in [0.1, 0.15) is 62.0 Å². The Morgan fingerprint density at radius 2 is 2.00 bits per heavy atom. The molecule has 2 N–H and O–H groups in total. The number of aliphatic imine (C=N–C) groups is 1. The van der Waals surface area contributed by atoms with Crippen LogP contribution >= 0.6 is 0 Å². The highest BCUT2D eigenvalue weighted by Gasteiger charge is 2.27. The number of hydrogen-bond donors (Lipinski definition) is 1. The van der Waals surface area contributed by atoms with Crippen molar-refractivity contribution in [1.82, 2.24) is 4.90 Å². The quantitative estimate of drug-likeness (QED) is 0.885. The summed E-state index contributed by atoms with van der Waals surface area (Å²) in [5, 5.41) is 0. The summed E-state index contributed by atoms with van der Waals surface area (Å²) in [6.07, 6.45) is 11.8. The van der Waals surface area contributed by atoms with Crippen LogP contribution in [0.4, 0.5) is 5.69 Å². The molecule has 2 heterocycles. The second-order valence-corrected chi connectivity index (χ2v) is 7.96. The average Bonchev–Trinajstić information content (AvgIpc) is 2.97. The summed E-state index contributed by atoms with van der Waals surface area (Å²) in [5.74, 6) is 0.570. The third-order valence-electron chi connectivity index (χ3n) is 6.11. The van der Waals surface area contributed by atoms with E-state index in [9.17, 15) is 9.59 Å². The van der Waals surface area contributed by atoms with Gasteiger partial charge in [0.05, 0.1) is 5.69 Å². The van der Waals surface area contributed by atoms with Crippen molar-refractivity contribution < 1.29 is 9.59 Å². The Bertz CT molecular complexity index is 806. The van der Waals surface area contributed by atoms with Crippen LogP contribution < -0.4 is 5.73 Å². The normalized spacial score (nSPS) is 23.1. The Labute approximate surface area is 160 Å². The number of carbonyl (C=O) groups excluding carboxylic acids is 2. The van der Waals surface area contributed by atoms with E-state index < -0.39 is 5.91 Å². The van der Waals surface area contributed by atoms with Crippen LogP contribution in [0.2, 0.25) is 0 Å². The summed E-state index contributed by atoms with van der Waals surface area (Å²) in [5.41, 5.74) is 8.90.